The van der Waals surface area contributed by atoms with Gasteiger partial charge in [0.1, 0.15) is 11.9 Å². The summed E-state index contributed by atoms with van der Waals surface area (Å²) in [6, 6.07) is 0. The number of ether oxygens (including phenoxy) is 2. The first-order chi connectivity index (χ1) is 12.6. The van der Waals surface area contributed by atoms with E-state index in [1.54, 1.807) is 17.3 Å². The summed E-state index contributed by atoms with van der Waals surface area (Å²) >= 11 is 0. The molecule has 4 heterocycles. The van der Waals surface area contributed by atoms with Crippen LogP contribution in [0.3, 0.4) is 0 Å². The maximum atomic E-state index is 12.3. The van der Waals surface area contributed by atoms with E-state index >= 15 is 0 Å². The van der Waals surface area contributed by atoms with Gasteiger partial charge in [-0.3, -0.25) is 9.78 Å². The molecule has 0 saturated carbocycles. The zero-order valence-electron chi connectivity index (χ0n) is 14.8. The Morgan fingerprint density at radius 3 is 3.08 bits per heavy atom. The van der Waals surface area contributed by atoms with Crippen LogP contribution in [0.5, 0.6) is 5.88 Å². The topological polar surface area (TPSA) is 90.6 Å². The molecule has 8 heteroatoms. The van der Waals surface area contributed by atoms with E-state index in [1.807, 2.05) is 6.92 Å². The summed E-state index contributed by atoms with van der Waals surface area (Å²) in [4.78, 5) is 26.3. The molecule has 0 N–H and O–H groups in total. The molecule has 138 valence electrons. The maximum Gasteiger partial charge on any atom is 0.276 e. The second-order valence-corrected chi connectivity index (χ2v) is 7.06. The van der Waals surface area contributed by atoms with Crippen LogP contribution in [0.25, 0.3) is 0 Å². The summed E-state index contributed by atoms with van der Waals surface area (Å²) in [5, 5.41) is 0. The highest BCUT2D eigenvalue weighted by Crippen LogP contribution is 2.38. The van der Waals surface area contributed by atoms with Gasteiger partial charge in [-0.15, -0.1) is 0 Å². The monoisotopic (exact) mass is 358 g/mol. The van der Waals surface area contributed by atoms with E-state index < -0.39 is 0 Å². The molecule has 0 bridgehead atoms. The maximum absolute atomic E-state index is 12.3. The van der Waals surface area contributed by atoms with Gasteiger partial charge in [-0.05, 0) is 32.1 Å². The van der Waals surface area contributed by atoms with Crippen molar-refractivity contribution in [2.75, 3.05) is 26.3 Å². The van der Waals surface area contributed by atoms with Crippen LogP contribution in [0.2, 0.25) is 0 Å². The number of aryl methyl sites for hydroxylation is 1. The fraction of sp³-hybridized carbons (Fsp3) is 0.556. The first kappa shape index (κ1) is 17.0. The van der Waals surface area contributed by atoms with Crippen LogP contribution in [-0.4, -0.2) is 57.7 Å². The molecule has 2 aromatic rings. The molecule has 2 aliphatic rings. The molecule has 1 spiro atoms. The molecular weight excluding hydrogens is 336 g/mol. The fourth-order valence-electron chi connectivity index (χ4n) is 3.71. The van der Waals surface area contributed by atoms with Crippen molar-refractivity contribution in [3.05, 3.63) is 36.4 Å². The lowest BCUT2D eigenvalue weighted by molar-refractivity contribution is -0.166. The standard InChI is InChI=1S/C18H22N4O4/c1-13-7-19-8-16(21-13)25-4-2-14-3-5-26-18(6-14)10-22(11-18)17(23)15-9-24-12-20-15/h7-9,12,14H,2-6,10-11H2,1H3. The van der Waals surface area contributed by atoms with Crippen LogP contribution in [-0.2, 0) is 4.74 Å². The largest absolute Gasteiger partial charge is 0.477 e. The van der Waals surface area contributed by atoms with Crippen LogP contribution < -0.4 is 4.74 Å². The van der Waals surface area contributed by atoms with E-state index in [4.69, 9.17) is 13.9 Å². The molecule has 0 radical (unpaired) electrons. The number of oxazole rings is 1. The third-order valence-corrected chi connectivity index (χ3v) is 5.00. The Bertz CT molecular complexity index is 758. The van der Waals surface area contributed by atoms with Crippen LogP contribution in [0.4, 0.5) is 0 Å². The van der Waals surface area contributed by atoms with Crippen LogP contribution in [0.1, 0.15) is 35.4 Å². The van der Waals surface area contributed by atoms with Crippen molar-refractivity contribution in [2.24, 2.45) is 5.92 Å². The highest BCUT2D eigenvalue weighted by molar-refractivity contribution is 5.92. The van der Waals surface area contributed by atoms with Crippen molar-refractivity contribution in [3.8, 4) is 5.88 Å². The number of amides is 1. The second kappa shape index (κ2) is 7.03. The Labute approximate surface area is 151 Å². The number of carbonyl (C=O) groups excluding carboxylic acids is 1. The smallest absolute Gasteiger partial charge is 0.276 e. The molecule has 4 rings (SSSR count). The van der Waals surface area contributed by atoms with Gasteiger partial charge in [-0.25, -0.2) is 9.97 Å². The highest BCUT2D eigenvalue weighted by Gasteiger charge is 2.49. The number of hydrogen-bond acceptors (Lipinski definition) is 7. The van der Waals surface area contributed by atoms with Crippen molar-refractivity contribution in [2.45, 2.75) is 31.8 Å². The Hall–Kier alpha value is -2.48. The van der Waals surface area contributed by atoms with Crippen LogP contribution >= 0.6 is 0 Å². The number of hydrogen-bond donors (Lipinski definition) is 0. The Balaban J connectivity index is 1.25. The SMILES string of the molecule is Cc1cncc(OCCC2CCOC3(C2)CN(C(=O)c2cocn2)C3)n1. The van der Waals surface area contributed by atoms with E-state index in [2.05, 4.69) is 15.0 Å². The van der Waals surface area contributed by atoms with Gasteiger partial charge in [0.15, 0.2) is 12.1 Å². The molecule has 26 heavy (non-hydrogen) atoms. The minimum Gasteiger partial charge on any atom is -0.477 e. The van der Waals surface area contributed by atoms with Crippen molar-refractivity contribution >= 4 is 5.91 Å². The van der Waals surface area contributed by atoms with Crippen molar-refractivity contribution in [3.63, 3.8) is 0 Å². The van der Waals surface area contributed by atoms with Gasteiger partial charge in [0.25, 0.3) is 5.91 Å². The highest BCUT2D eigenvalue weighted by atomic mass is 16.5. The molecule has 2 fully saturated rings. The number of likely N-dealkylation sites (tertiary alicyclic amines) is 1. The quantitative estimate of drug-likeness (QED) is 0.806. The van der Waals surface area contributed by atoms with Crippen LogP contribution in [0, 0.1) is 12.8 Å². The first-order valence-electron chi connectivity index (χ1n) is 8.86. The first-order valence-corrected chi connectivity index (χ1v) is 8.86. The van der Waals surface area contributed by atoms with Crippen molar-refractivity contribution in [1.29, 1.82) is 0 Å². The summed E-state index contributed by atoms with van der Waals surface area (Å²) < 4.78 is 16.6. The second-order valence-electron chi connectivity index (χ2n) is 7.06. The van der Waals surface area contributed by atoms with Crippen molar-refractivity contribution < 1.29 is 18.7 Å². The Morgan fingerprint density at radius 1 is 1.42 bits per heavy atom. The van der Waals surface area contributed by atoms with Gasteiger partial charge in [0.05, 0.1) is 31.6 Å². The summed E-state index contributed by atoms with van der Waals surface area (Å²) in [5.41, 5.74) is 0.976. The lowest BCUT2D eigenvalue weighted by atomic mass is 9.79. The number of nitrogens with zero attached hydrogens (tertiary/aromatic N) is 4. The van der Waals surface area contributed by atoms with Gasteiger partial charge in [0.2, 0.25) is 5.88 Å². The van der Waals surface area contributed by atoms with Gasteiger partial charge >= 0.3 is 0 Å². The average molecular weight is 358 g/mol. The number of carbonyl (C=O) groups is 1. The molecule has 2 aliphatic heterocycles. The minimum atomic E-state index is -0.217. The van der Waals surface area contributed by atoms with E-state index in [0.29, 0.717) is 37.2 Å². The molecule has 2 saturated heterocycles. The molecule has 1 atom stereocenters. The summed E-state index contributed by atoms with van der Waals surface area (Å²) in [6.07, 6.45) is 8.89. The summed E-state index contributed by atoms with van der Waals surface area (Å²) in [5.74, 6) is 0.988. The number of aromatic nitrogens is 3. The zero-order chi connectivity index (χ0) is 18.0. The fourth-order valence-corrected chi connectivity index (χ4v) is 3.71. The van der Waals surface area contributed by atoms with Gasteiger partial charge in [-0.1, -0.05) is 0 Å². The zero-order valence-corrected chi connectivity index (χ0v) is 14.8. The predicted octanol–water partition coefficient (Wildman–Crippen LogP) is 1.86. The lowest BCUT2D eigenvalue weighted by Crippen LogP contribution is -2.66. The minimum absolute atomic E-state index is 0.101. The lowest BCUT2D eigenvalue weighted by Gasteiger charge is -2.53. The van der Waals surface area contributed by atoms with Crippen LogP contribution in [0.15, 0.2) is 29.5 Å². The Morgan fingerprint density at radius 2 is 2.31 bits per heavy atom. The molecule has 1 amide bonds. The molecule has 0 aliphatic carbocycles. The van der Waals surface area contributed by atoms with Gasteiger partial charge in [0, 0.05) is 12.8 Å². The molecule has 0 aromatic carbocycles. The molecular formula is C18H22N4O4. The summed E-state index contributed by atoms with van der Waals surface area (Å²) in [7, 11) is 0. The average Bonchev–Trinajstić information content (AvgIpc) is 3.14. The number of rotatable bonds is 5. The Kier molecular flexibility index (Phi) is 4.58. The summed E-state index contributed by atoms with van der Waals surface area (Å²) in [6.45, 7) is 4.45. The molecule has 1 unspecified atom stereocenters. The van der Waals surface area contributed by atoms with Crippen molar-refractivity contribution in [1.82, 2.24) is 19.9 Å². The third-order valence-electron chi connectivity index (χ3n) is 5.00. The third kappa shape index (κ3) is 3.55. The van der Waals surface area contributed by atoms with Gasteiger partial charge in [-0.2, -0.15) is 0 Å². The molecule has 8 nitrogen and oxygen atoms in total. The van der Waals surface area contributed by atoms with Gasteiger partial charge < -0.3 is 18.8 Å². The van der Waals surface area contributed by atoms with E-state index in [9.17, 15) is 4.79 Å². The van der Waals surface area contributed by atoms with E-state index in [0.717, 1.165) is 31.6 Å². The molecule has 2 aromatic heterocycles. The normalized spacial score (nSPS) is 21.4. The van der Waals surface area contributed by atoms with E-state index in [1.165, 1.54) is 12.7 Å². The predicted molar refractivity (Wildman–Crippen MR) is 90.7 cm³/mol. The van der Waals surface area contributed by atoms with E-state index in [-0.39, 0.29) is 11.5 Å².